The highest BCUT2D eigenvalue weighted by Crippen LogP contribution is 2.44. The summed E-state index contributed by atoms with van der Waals surface area (Å²) in [6.45, 7) is 0. The summed E-state index contributed by atoms with van der Waals surface area (Å²) in [5.41, 5.74) is 8.70. The molecule has 10 nitrogen and oxygen atoms in total. The van der Waals surface area contributed by atoms with E-state index in [4.69, 9.17) is 36.5 Å². The second-order valence-corrected chi connectivity index (χ2v) is 8.41. The Morgan fingerprint density at radius 3 is 2.22 bits per heavy atom. The maximum absolute atomic E-state index is 12.8. The van der Waals surface area contributed by atoms with Crippen molar-refractivity contribution in [3.05, 3.63) is 35.7 Å². The van der Waals surface area contributed by atoms with Gasteiger partial charge in [-0.1, -0.05) is 6.07 Å². The predicted octanol–water partition coefficient (Wildman–Crippen LogP) is 3.83. The van der Waals surface area contributed by atoms with Crippen LogP contribution in [0.5, 0.6) is 23.0 Å². The van der Waals surface area contributed by atoms with E-state index in [1.54, 1.807) is 33.5 Å². The smallest absolute Gasteiger partial charge is 0.242 e. The molecule has 0 fully saturated rings. The number of amides is 2. The van der Waals surface area contributed by atoms with E-state index in [-0.39, 0.29) is 12.8 Å². The molecule has 0 spiro atoms. The number of primary amides is 1. The fourth-order valence-electron chi connectivity index (χ4n) is 3.58. The van der Waals surface area contributed by atoms with Gasteiger partial charge in [0.25, 0.3) is 0 Å². The summed E-state index contributed by atoms with van der Waals surface area (Å²) in [7, 11) is 6.14. The maximum Gasteiger partial charge on any atom is 0.242 e. The molecule has 1 atom stereocenters. The van der Waals surface area contributed by atoms with Crippen LogP contribution in [0, 0.1) is 0 Å². The van der Waals surface area contributed by atoms with Gasteiger partial charge < -0.3 is 30.0 Å². The molecular formula is C24H27ClN4O6S. The Balaban J connectivity index is 1.99. The summed E-state index contributed by atoms with van der Waals surface area (Å²) in [4.78, 5) is 26.3. The highest BCUT2D eigenvalue weighted by Gasteiger charge is 2.22. The predicted molar refractivity (Wildman–Crippen MR) is 139 cm³/mol. The van der Waals surface area contributed by atoms with Crippen molar-refractivity contribution in [1.82, 2.24) is 9.21 Å². The minimum Gasteiger partial charge on any atom is -0.495 e. The zero-order chi connectivity index (χ0) is 26.2. The SMILES string of the molecule is COc1ccc(-c2csnc2-c2cc(OC)c(OC)c(OC)c2)cc1NC(=O)[C@H](CCC(N)=O)NCl. The Labute approximate surface area is 217 Å². The third kappa shape index (κ3) is 5.99. The van der Waals surface area contributed by atoms with E-state index >= 15 is 0 Å². The van der Waals surface area contributed by atoms with E-state index < -0.39 is 17.9 Å². The lowest BCUT2D eigenvalue weighted by Gasteiger charge is -2.17. The fraction of sp³-hybridized carbons (Fsp3) is 0.292. The van der Waals surface area contributed by atoms with Gasteiger partial charge in [0.1, 0.15) is 11.8 Å². The first kappa shape index (κ1) is 27.1. The topological polar surface area (TPSA) is 134 Å². The van der Waals surface area contributed by atoms with Crippen molar-refractivity contribution in [2.45, 2.75) is 18.9 Å². The molecule has 2 amide bonds. The van der Waals surface area contributed by atoms with E-state index in [2.05, 4.69) is 14.5 Å². The molecule has 12 heteroatoms. The van der Waals surface area contributed by atoms with Crippen molar-refractivity contribution < 1.29 is 28.5 Å². The second kappa shape index (κ2) is 12.4. The molecule has 0 aliphatic rings. The van der Waals surface area contributed by atoms with Crippen LogP contribution < -0.4 is 34.8 Å². The Morgan fingerprint density at radius 1 is 1.00 bits per heavy atom. The lowest BCUT2D eigenvalue weighted by atomic mass is 10.0. The van der Waals surface area contributed by atoms with Gasteiger partial charge in [0.2, 0.25) is 17.6 Å². The third-order valence-corrected chi connectivity index (χ3v) is 6.30. The van der Waals surface area contributed by atoms with E-state index in [0.29, 0.717) is 34.4 Å². The van der Waals surface area contributed by atoms with Crippen LogP contribution in [0.4, 0.5) is 5.69 Å². The van der Waals surface area contributed by atoms with Crippen molar-refractivity contribution in [3.8, 4) is 45.4 Å². The monoisotopic (exact) mass is 534 g/mol. The van der Waals surface area contributed by atoms with Gasteiger partial charge in [0, 0.05) is 22.9 Å². The van der Waals surface area contributed by atoms with Crippen molar-refractivity contribution >= 4 is 40.8 Å². The van der Waals surface area contributed by atoms with Gasteiger partial charge in [-0.25, -0.2) is 4.84 Å². The summed E-state index contributed by atoms with van der Waals surface area (Å²) < 4.78 is 26.4. The number of aromatic nitrogens is 1. The summed E-state index contributed by atoms with van der Waals surface area (Å²) in [5.74, 6) is 0.980. The number of nitrogens with two attached hydrogens (primary N) is 1. The number of benzene rings is 2. The molecule has 2 aromatic carbocycles. The molecule has 0 bridgehead atoms. The summed E-state index contributed by atoms with van der Waals surface area (Å²) in [6, 6.07) is 8.20. The van der Waals surface area contributed by atoms with Crippen LogP contribution in [-0.4, -0.2) is 50.7 Å². The number of nitrogens with one attached hydrogen (secondary N) is 2. The lowest BCUT2D eigenvalue weighted by Crippen LogP contribution is -2.36. The zero-order valence-corrected chi connectivity index (χ0v) is 21.8. The average Bonchev–Trinajstić information content (AvgIpc) is 3.38. The van der Waals surface area contributed by atoms with Crippen molar-refractivity contribution in [2.24, 2.45) is 5.73 Å². The van der Waals surface area contributed by atoms with Gasteiger partial charge in [-0.15, -0.1) is 0 Å². The highest BCUT2D eigenvalue weighted by molar-refractivity contribution is 7.04. The van der Waals surface area contributed by atoms with Crippen molar-refractivity contribution in [2.75, 3.05) is 33.8 Å². The zero-order valence-electron chi connectivity index (χ0n) is 20.2. The first-order valence-electron chi connectivity index (χ1n) is 10.7. The van der Waals surface area contributed by atoms with Crippen molar-refractivity contribution in [3.63, 3.8) is 0 Å². The molecule has 0 aliphatic carbocycles. The van der Waals surface area contributed by atoms with Gasteiger partial charge in [0.15, 0.2) is 11.5 Å². The van der Waals surface area contributed by atoms with Crippen LogP contribution in [0.15, 0.2) is 35.7 Å². The molecular weight excluding hydrogens is 508 g/mol. The number of rotatable bonds is 12. The van der Waals surface area contributed by atoms with E-state index in [9.17, 15) is 9.59 Å². The Morgan fingerprint density at radius 2 is 1.67 bits per heavy atom. The minimum absolute atomic E-state index is 0.00764. The van der Waals surface area contributed by atoms with Crippen LogP contribution in [-0.2, 0) is 9.59 Å². The van der Waals surface area contributed by atoms with Gasteiger partial charge in [0.05, 0.1) is 39.8 Å². The number of hydrogen-bond acceptors (Lipinski definition) is 9. The van der Waals surface area contributed by atoms with Gasteiger partial charge in [-0.05, 0) is 59.6 Å². The Kier molecular flexibility index (Phi) is 9.34. The van der Waals surface area contributed by atoms with Crippen LogP contribution in [0.25, 0.3) is 22.4 Å². The molecule has 0 saturated heterocycles. The minimum atomic E-state index is -0.829. The Bertz CT molecular complexity index is 1210. The molecule has 1 aromatic heterocycles. The lowest BCUT2D eigenvalue weighted by molar-refractivity contribution is -0.119. The van der Waals surface area contributed by atoms with E-state index in [1.165, 1.54) is 18.6 Å². The number of carbonyl (C=O) groups is 2. The van der Waals surface area contributed by atoms with Gasteiger partial charge >= 0.3 is 0 Å². The van der Waals surface area contributed by atoms with Gasteiger partial charge in [-0.3, -0.25) is 9.59 Å². The van der Waals surface area contributed by atoms with Crippen LogP contribution in [0.1, 0.15) is 12.8 Å². The molecule has 36 heavy (non-hydrogen) atoms. The molecule has 192 valence electrons. The summed E-state index contributed by atoms with van der Waals surface area (Å²) in [6.07, 6.45) is 0.153. The molecule has 1 heterocycles. The number of methoxy groups -OCH3 is 4. The van der Waals surface area contributed by atoms with Crippen LogP contribution in [0.2, 0.25) is 0 Å². The summed E-state index contributed by atoms with van der Waals surface area (Å²) >= 11 is 7.01. The van der Waals surface area contributed by atoms with Crippen molar-refractivity contribution in [1.29, 1.82) is 0 Å². The normalized spacial score (nSPS) is 11.5. The molecule has 0 aliphatic heterocycles. The maximum atomic E-state index is 12.8. The Hall–Kier alpha value is -3.54. The number of hydrogen-bond donors (Lipinski definition) is 3. The van der Waals surface area contributed by atoms with E-state index in [1.807, 2.05) is 23.6 Å². The molecule has 3 rings (SSSR count). The molecule has 0 saturated carbocycles. The van der Waals surface area contributed by atoms with Gasteiger partial charge in [-0.2, -0.15) is 4.37 Å². The molecule has 0 radical (unpaired) electrons. The number of anilines is 1. The standard InChI is InChI=1S/C24H27ClN4O6S/c1-32-18-7-5-13(9-17(18)27-24(31)16(28-25)6-8-21(26)30)15-12-36-29-22(15)14-10-19(33-2)23(35-4)20(11-14)34-3/h5,7,9-12,16,28H,6,8H2,1-4H3,(H2,26,30)(H,27,31)/t16-/m0/s1. The first-order valence-corrected chi connectivity index (χ1v) is 12.0. The fourth-order valence-corrected chi connectivity index (χ4v) is 4.51. The summed E-state index contributed by atoms with van der Waals surface area (Å²) in [5, 5.41) is 4.72. The van der Waals surface area contributed by atoms with Crippen LogP contribution in [0.3, 0.4) is 0 Å². The quantitative estimate of drug-likeness (QED) is 0.298. The number of halogens is 1. The molecule has 3 aromatic rings. The average molecular weight is 535 g/mol. The third-order valence-electron chi connectivity index (χ3n) is 5.40. The number of ether oxygens (including phenoxy) is 4. The molecule has 4 N–H and O–H groups in total. The van der Waals surface area contributed by atoms with E-state index in [0.717, 1.165) is 16.7 Å². The number of nitrogens with zero attached hydrogens (tertiary/aromatic N) is 1. The number of carbonyl (C=O) groups excluding carboxylic acids is 2. The molecule has 0 unspecified atom stereocenters. The highest BCUT2D eigenvalue weighted by atomic mass is 35.5. The first-order chi connectivity index (χ1) is 17.4. The second-order valence-electron chi connectivity index (χ2n) is 7.56. The van der Waals surface area contributed by atoms with Crippen LogP contribution >= 0.6 is 23.3 Å². The largest absolute Gasteiger partial charge is 0.495 e.